The van der Waals surface area contributed by atoms with Crippen molar-refractivity contribution in [1.29, 1.82) is 0 Å². The Morgan fingerprint density at radius 1 is 1.44 bits per heavy atom. The molecule has 0 aromatic carbocycles. The molecule has 0 aliphatic heterocycles. The van der Waals surface area contributed by atoms with Crippen LogP contribution in [0, 0.1) is 0 Å². The molecule has 1 aromatic heterocycles. The molecule has 1 fully saturated rings. The van der Waals surface area contributed by atoms with Gasteiger partial charge in [-0.05, 0) is 37.0 Å². The van der Waals surface area contributed by atoms with Gasteiger partial charge in [0, 0.05) is 30.9 Å². The smallest absolute Gasteiger partial charge is 0.222 e. The minimum atomic E-state index is -0.234. The highest BCUT2D eigenvalue weighted by Crippen LogP contribution is 2.31. The van der Waals surface area contributed by atoms with Gasteiger partial charge in [-0.25, -0.2) is 0 Å². The zero-order valence-electron chi connectivity index (χ0n) is 9.28. The molecular weight excluding hydrogens is 202 g/mol. The topological polar surface area (TPSA) is 68.0 Å². The first-order chi connectivity index (χ1) is 7.68. The molecule has 86 valence electrons. The van der Waals surface area contributed by atoms with Crippen molar-refractivity contribution in [3.05, 3.63) is 30.1 Å². The minimum absolute atomic E-state index is 0.0408. The summed E-state index contributed by atoms with van der Waals surface area (Å²) in [7, 11) is 0. The van der Waals surface area contributed by atoms with Crippen molar-refractivity contribution in [3.8, 4) is 0 Å². The Labute approximate surface area is 95.3 Å². The Hall–Kier alpha value is -1.42. The van der Waals surface area contributed by atoms with E-state index in [1.807, 2.05) is 12.1 Å². The fraction of sp³-hybridized carbons (Fsp3) is 0.500. The number of nitrogens with two attached hydrogens (primary N) is 1. The molecule has 3 N–H and O–H groups in total. The molecule has 4 heteroatoms. The quantitative estimate of drug-likeness (QED) is 0.792. The molecule has 2 rings (SSSR count). The van der Waals surface area contributed by atoms with Crippen LogP contribution in [0.1, 0.15) is 31.2 Å². The van der Waals surface area contributed by atoms with Crippen LogP contribution >= 0.6 is 0 Å². The van der Waals surface area contributed by atoms with Gasteiger partial charge in [0.15, 0.2) is 0 Å². The van der Waals surface area contributed by atoms with E-state index in [0.29, 0.717) is 13.0 Å². The first-order valence-corrected chi connectivity index (χ1v) is 5.62. The van der Waals surface area contributed by atoms with E-state index in [1.54, 1.807) is 12.4 Å². The van der Waals surface area contributed by atoms with Crippen molar-refractivity contribution in [2.75, 3.05) is 0 Å². The molecule has 0 radical (unpaired) electrons. The Bertz CT molecular complexity index is 360. The highest BCUT2D eigenvalue weighted by Gasteiger charge is 2.34. The maximum absolute atomic E-state index is 11.6. The molecule has 16 heavy (non-hydrogen) atoms. The van der Waals surface area contributed by atoms with Crippen LogP contribution < -0.4 is 11.1 Å². The lowest BCUT2D eigenvalue weighted by molar-refractivity contribution is -0.123. The van der Waals surface area contributed by atoms with Crippen molar-refractivity contribution in [3.63, 3.8) is 0 Å². The molecule has 0 spiro atoms. The van der Waals surface area contributed by atoms with E-state index in [4.69, 9.17) is 5.73 Å². The van der Waals surface area contributed by atoms with E-state index < -0.39 is 0 Å². The molecule has 0 bridgehead atoms. The van der Waals surface area contributed by atoms with E-state index in [9.17, 15) is 4.79 Å². The number of carbonyl (C=O) groups excluding carboxylic acids is 1. The van der Waals surface area contributed by atoms with Crippen LogP contribution in [0.25, 0.3) is 0 Å². The molecule has 0 saturated heterocycles. The first-order valence-electron chi connectivity index (χ1n) is 5.62. The van der Waals surface area contributed by atoms with E-state index in [2.05, 4.69) is 10.3 Å². The van der Waals surface area contributed by atoms with Crippen LogP contribution in [0.2, 0.25) is 0 Å². The molecule has 1 aromatic rings. The summed E-state index contributed by atoms with van der Waals surface area (Å²) < 4.78 is 0. The minimum Gasteiger partial charge on any atom is -0.352 e. The van der Waals surface area contributed by atoms with Crippen LogP contribution in [0.3, 0.4) is 0 Å². The second-order valence-electron chi connectivity index (χ2n) is 4.52. The summed E-state index contributed by atoms with van der Waals surface area (Å²) >= 11 is 0. The number of hydrogen-bond acceptors (Lipinski definition) is 3. The van der Waals surface area contributed by atoms with Gasteiger partial charge in [0.2, 0.25) is 5.91 Å². The summed E-state index contributed by atoms with van der Waals surface area (Å²) in [5, 5.41) is 2.88. The summed E-state index contributed by atoms with van der Waals surface area (Å²) in [6.45, 7) is 0.553. The average molecular weight is 219 g/mol. The number of rotatable bonds is 4. The normalized spacial score (nSPS) is 17.6. The number of carbonyl (C=O) groups is 1. The Morgan fingerprint density at radius 2 is 2.12 bits per heavy atom. The highest BCUT2D eigenvalue weighted by atomic mass is 16.1. The van der Waals surface area contributed by atoms with Crippen molar-refractivity contribution in [2.45, 2.75) is 37.8 Å². The second-order valence-corrected chi connectivity index (χ2v) is 4.52. The molecule has 1 aliphatic rings. The van der Waals surface area contributed by atoms with Gasteiger partial charge in [0.05, 0.1) is 0 Å². The van der Waals surface area contributed by atoms with E-state index in [1.165, 1.54) is 0 Å². The molecule has 4 nitrogen and oxygen atoms in total. The van der Waals surface area contributed by atoms with Gasteiger partial charge in [-0.15, -0.1) is 0 Å². The molecule has 0 atom stereocenters. The maximum Gasteiger partial charge on any atom is 0.222 e. The third kappa shape index (κ3) is 2.79. The molecule has 1 amide bonds. The number of pyridine rings is 1. The van der Waals surface area contributed by atoms with Crippen LogP contribution in [0.4, 0.5) is 0 Å². The summed E-state index contributed by atoms with van der Waals surface area (Å²) in [6, 6.07) is 3.78. The van der Waals surface area contributed by atoms with Crippen LogP contribution in [0.15, 0.2) is 24.5 Å². The Kier molecular flexibility index (Phi) is 3.19. The van der Waals surface area contributed by atoms with E-state index >= 15 is 0 Å². The summed E-state index contributed by atoms with van der Waals surface area (Å²) in [6.07, 6.45) is 6.97. The van der Waals surface area contributed by atoms with E-state index in [0.717, 1.165) is 24.8 Å². The SMILES string of the molecule is NC1(CC(=O)NCc2ccncc2)CCC1. The largest absolute Gasteiger partial charge is 0.352 e. The third-order valence-electron chi connectivity index (χ3n) is 3.10. The lowest BCUT2D eigenvalue weighted by Crippen LogP contribution is -2.49. The second kappa shape index (κ2) is 4.61. The van der Waals surface area contributed by atoms with Gasteiger partial charge < -0.3 is 11.1 Å². The van der Waals surface area contributed by atoms with Crippen molar-refractivity contribution >= 4 is 5.91 Å². The summed E-state index contributed by atoms with van der Waals surface area (Å²) in [5.41, 5.74) is 6.83. The predicted molar refractivity (Wildman–Crippen MR) is 61.5 cm³/mol. The number of nitrogens with zero attached hydrogens (tertiary/aromatic N) is 1. The number of amides is 1. The molecule has 1 aliphatic carbocycles. The van der Waals surface area contributed by atoms with Gasteiger partial charge in [-0.2, -0.15) is 0 Å². The van der Waals surface area contributed by atoms with Crippen molar-refractivity contribution in [1.82, 2.24) is 10.3 Å². The monoisotopic (exact) mass is 219 g/mol. The lowest BCUT2D eigenvalue weighted by Gasteiger charge is -2.37. The number of hydrogen-bond donors (Lipinski definition) is 2. The van der Waals surface area contributed by atoms with Gasteiger partial charge in [-0.3, -0.25) is 9.78 Å². The van der Waals surface area contributed by atoms with Gasteiger partial charge in [-0.1, -0.05) is 0 Å². The molecular formula is C12H17N3O. The predicted octanol–water partition coefficient (Wildman–Crippen LogP) is 0.969. The number of nitrogens with one attached hydrogen (secondary N) is 1. The Morgan fingerprint density at radius 3 is 2.69 bits per heavy atom. The average Bonchev–Trinajstić information content (AvgIpc) is 2.26. The van der Waals surface area contributed by atoms with E-state index in [-0.39, 0.29) is 11.4 Å². The van der Waals surface area contributed by atoms with Crippen LogP contribution in [-0.2, 0) is 11.3 Å². The molecule has 1 saturated carbocycles. The zero-order chi connectivity index (χ0) is 11.4. The molecule has 0 unspecified atom stereocenters. The first kappa shape index (κ1) is 11.1. The van der Waals surface area contributed by atoms with Gasteiger partial charge >= 0.3 is 0 Å². The zero-order valence-corrected chi connectivity index (χ0v) is 9.28. The fourth-order valence-corrected chi connectivity index (χ4v) is 1.89. The van der Waals surface area contributed by atoms with Gasteiger partial charge in [0.1, 0.15) is 0 Å². The third-order valence-corrected chi connectivity index (χ3v) is 3.10. The standard InChI is InChI=1S/C12H17N3O/c13-12(4-1-5-12)8-11(16)15-9-10-2-6-14-7-3-10/h2-3,6-7H,1,4-5,8-9,13H2,(H,15,16). The lowest BCUT2D eigenvalue weighted by atomic mass is 9.75. The maximum atomic E-state index is 11.6. The number of aromatic nitrogens is 1. The fourth-order valence-electron chi connectivity index (χ4n) is 1.89. The summed E-state index contributed by atoms with van der Waals surface area (Å²) in [5.74, 6) is 0.0408. The van der Waals surface area contributed by atoms with Crippen molar-refractivity contribution in [2.24, 2.45) is 5.73 Å². The summed E-state index contributed by atoms with van der Waals surface area (Å²) in [4.78, 5) is 15.5. The highest BCUT2D eigenvalue weighted by molar-refractivity contribution is 5.77. The van der Waals surface area contributed by atoms with Crippen LogP contribution in [0.5, 0.6) is 0 Å². The molecule has 1 heterocycles. The Balaban J connectivity index is 1.76. The van der Waals surface area contributed by atoms with Gasteiger partial charge in [0.25, 0.3) is 0 Å². The van der Waals surface area contributed by atoms with Crippen molar-refractivity contribution < 1.29 is 4.79 Å². The van der Waals surface area contributed by atoms with Crippen LogP contribution in [-0.4, -0.2) is 16.4 Å².